The zero-order valence-corrected chi connectivity index (χ0v) is 12.7. The molecule has 0 aliphatic carbocycles. The summed E-state index contributed by atoms with van der Waals surface area (Å²) in [6, 6.07) is 10.4. The van der Waals surface area contributed by atoms with Crippen LogP contribution in [0, 0.1) is 0 Å². The zero-order chi connectivity index (χ0) is 15.2. The third-order valence-electron chi connectivity index (χ3n) is 4.25. The van der Waals surface area contributed by atoms with Gasteiger partial charge in [-0.3, -0.25) is 4.90 Å². The molecule has 0 amide bonds. The van der Waals surface area contributed by atoms with Crippen molar-refractivity contribution in [2.75, 3.05) is 19.6 Å². The van der Waals surface area contributed by atoms with Gasteiger partial charge in [-0.25, -0.2) is 4.98 Å². The molecule has 2 N–H and O–H groups in total. The molecule has 0 spiro atoms. The van der Waals surface area contributed by atoms with Gasteiger partial charge in [0.25, 0.3) is 0 Å². The van der Waals surface area contributed by atoms with Crippen molar-refractivity contribution in [3.63, 3.8) is 0 Å². The molecule has 2 heterocycles. The topological polar surface area (TPSA) is 64.5 Å². The molecule has 2 aromatic rings. The molecule has 5 nitrogen and oxygen atoms in total. The van der Waals surface area contributed by atoms with Crippen LogP contribution in [0.25, 0.3) is 0 Å². The molecule has 1 fully saturated rings. The number of likely N-dealkylation sites (tertiary alicyclic amines) is 1. The molecular weight excluding hydrogens is 278 g/mol. The fraction of sp³-hybridized carbons (Fsp3) is 0.471. The Kier molecular flexibility index (Phi) is 5.21. The number of piperidine rings is 1. The van der Waals surface area contributed by atoms with Gasteiger partial charge in [-0.05, 0) is 18.4 Å². The molecule has 5 heteroatoms. The number of aromatic nitrogens is 1. The van der Waals surface area contributed by atoms with Gasteiger partial charge >= 0.3 is 0 Å². The minimum absolute atomic E-state index is 0.123. The Morgan fingerprint density at radius 3 is 2.68 bits per heavy atom. The van der Waals surface area contributed by atoms with E-state index in [1.807, 2.05) is 18.2 Å². The lowest BCUT2D eigenvalue weighted by Crippen LogP contribution is -2.41. The Balaban J connectivity index is 1.48. The van der Waals surface area contributed by atoms with E-state index >= 15 is 0 Å². The summed E-state index contributed by atoms with van der Waals surface area (Å²) < 4.78 is 11.4. The van der Waals surface area contributed by atoms with Gasteiger partial charge in [-0.1, -0.05) is 30.3 Å². The number of nitrogens with two attached hydrogens (primary N) is 1. The Hall–Kier alpha value is -1.69. The average Bonchev–Trinajstić information content (AvgIpc) is 3.10. The smallest absolute Gasteiger partial charge is 0.180 e. The number of oxazole rings is 1. The fourth-order valence-corrected chi connectivity index (χ4v) is 2.98. The highest BCUT2D eigenvalue weighted by Gasteiger charge is 2.27. The maximum Gasteiger partial charge on any atom is 0.180 e. The molecule has 1 aromatic heterocycles. The van der Waals surface area contributed by atoms with E-state index in [1.54, 1.807) is 6.20 Å². The molecule has 1 aliphatic heterocycles. The molecule has 0 saturated carbocycles. The Bertz CT molecular complexity index is 536. The van der Waals surface area contributed by atoms with E-state index in [2.05, 4.69) is 22.0 Å². The van der Waals surface area contributed by atoms with Gasteiger partial charge in [0.2, 0.25) is 0 Å². The monoisotopic (exact) mass is 301 g/mol. The van der Waals surface area contributed by atoms with Gasteiger partial charge < -0.3 is 14.9 Å². The number of rotatable bonds is 6. The summed E-state index contributed by atoms with van der Waals surface area (Å²) in [5.74, 6) is 0.853. The SMILES string of the molecule is NCC(c1cnco1)N1CCC(OCc2ccccc2)CC1. The van der Waals surface area contributed by atoms with Crippen molar-refractivity contribution in [3.05, 3.63) is 54.2 Å². The first-order valence-corrected chi connectivity index (χ1v) is 7.85. The lowest BCUT2D eigenvalue weighted by Gasteiger charge is -2.36. The quantitative estimate of drug-likeness (QED) is 0.887. The minimum Gasteiger partial charge on any atom is -0.447 e. The normalized spacial score (nSPS) is 18.4. The second-order valence-corrected chi connectivity index (χ2v) is 5.69. The first-order chi connectivity index (χ1) is 10.9. The van der Waals surface area contributed by atoms with Gasteiger partial charge in [-0.15, -0.1) is 0 Å². The van der Waals surface area contributed by atoms with Gasteiger partial charge in [-0.2, -0.15) is 0 Å². The number of hydrogen-bond donors (Lipinski definition) is 1. The first-order valence-electron chi connectivity index (χ1n) is 7.85. The van der Waals surface area contributed by atoms with E-state index in [1.165, 1.54) is 12.0 Å². The fourth-order valence-electron chi connectivity index (χ4n) is 2.98. The third-order valence-corrected chi connectivity index (χ3v) is 4.25. The molecule has 3 rings (SSSR count). The van der Waals surface area contributed by atoms with Crippen molar-refractivity contribution in [2.45, 2.75) is 31.6 Å². The molecule has 1 atom stereocenters. The maximum atomic E-state index is 6.03. The molecule has 118 valence electrons. The van der Waals surface area contributed by atoms with Gasteiger partial charge in [0.1, 0.15) is 5.76 Å². The minimum atomic E-state index is 0.123. The van der Waals surface area contributed by atoms with Crippen molar-refractivity contribution in [1.29, 1.82) is 0 Å². The van der Waals surface area contributed by atoms with Crippen LogP contribution < -0.4 is 5.73 Å². The summed E-state index contributed by atoms with van der Waals surface area (Å²) in [5, 5.41) is 0. The largest absolute Gasteiger partial charge is 0.447 e. The van der Waals surface area contributed by atoms with E-state index in [-0.39, 0.29) is 6.04 Å². The van der Waals surface area contributed by atoms with Crippen molar-refractivity contribution >= 4 is 0 Å². The molecule has 0 radical (unpaired) electrons. The van der Waals surface area contributed by atoms with Crippen LogP contribution in [0.4, 0.5) is 0 Å². The maximum absolute atomic E-state index is 6.03. The summed E-state index contributed by atoms with van der Waals surface area (Å²) in [6.45, 7) is 3.18. The van der Waals surface area contributed by atoms with Crippen LogP contribution in [0.2, 0.25) is 0 Å². The molecular formula is C17H23N3O2. The highest BCUT2D eigenvalue weighted by atomic mass is 16.5. The summed E-state index contributed by atoms with van der Waals surface area (Å²) in [5.41, 5.74) is 7.13. The second-order valence-electron chi connectivity index (χ2n) is 5.69. The lowest BCUT2D eigenvalue weighted by molar-refractivity contribution is -0.0124. The van der Waals surface area contributed by atoms with Crippen LogP contribution in [0.1, 0.15) is 30.2 Å². The molecule has 1 aromatic carbocycles. The van der Waals surface area contributed by atoms with Crippen molar-refractivity contribution in [2.24, 2.45) is 5.73 Å². The van der Waals surface area contributed by atoms with Crippen molar-refractivity contribution in [1.82, 2.24) is 9.88 Å². The average molecular weight is 301 g/mol. The first kappa shape index (κ1) is 15.2. The number of ether oxygens (including phenoxy) is 1. The van der Waals surface area contributed by atoms with Crippen LogP contribution in [0.3, 0.4) is 0 Å². The molecule has 1 unspecified atom stereocenters. The Morgan fingerprint density at radius 2 is 2.05 bits per heavy atom. The van der Waals surface area contributed by atoms with Crippen LogP contribution in [0.15, 0.2) is 47.3 Å². The number of hydrogen-bond acceptors (Lipinski definition) is 5. The zero-order valence-electron chi connectivity index (χ0n) is 12.7. The van der Waals surface area contributed by atoms with E-state index in [0.29, 0.717) is 19.3 Å². The van der Waals surface area contributed by atoms with Crippen molar-refractivity contribution < 1.29 is 9.15 Å². The van der Waals surface area contributed by atoms with Crippen LogP contribution in [-0.4, -0.2) is 35.6 Å². The Labute approximate surface area is 131 Å². The van der Waals surface area contributed by atoms with E-state index in [9.17, 15) is 0 Å². The van der Waals surface area contributed by atoms with Gasteiger partial charge in [0, 0.05) is 19.6 Å². The van der Waals surface area contributed by atoms with Gasteiger partial charge in [0.05, 0.1) is 24.9 Å². The summed E-state index contributed by atoms with van der Waals surface area (Å²) in [4.78, 5) is 6.35. The van der Waals surface area contributed by atoms with Crippen LogP contribution >= 0.6 is 0 Å². The second kappa shape index (κ2) is 7.54. The highest BCUT2D eigenvalue weighted by molar-refractivity contribution is 5.13. The van der Waals surface area contributed by atoms with Crippen LogP contribution in [0.5, 0.6) is 0 Å². The standard InChI is InChI=1S/C17H23N3O2/c18-10-16(17-11-19-13-22-17)20-8-6-15(7-9-20)21-12-14-4-2-1-3-5-14/h1-5,11,13,15-16H,6-10,12,18H2. The number of benzene rings is 1. The summed E-state index contributed by atoms with van der Waals surface area (Å²) in [7, 11) is 0. The van der Waals surface area contributed by atoms with E-state index in [4.69, 9.17) is 14.9 Å². The predicted molar refractivity (Wildman–Crippen MR) is 84.1 cm³/mol. The summed E-state index contributed by atoms with van der Waals surface area (Å²) in [6.07, 6.45) is 5.60. The van der Waals surface area contributed by atoms with Crippen molar-refractivity contribution in [3.8, 4) is 0 Å². The molecule has 22 heavy (non-hydrogen) atoms. The van der Waals surface area contributed by atoms with Gasteiger partial charge in [0.15, 0.2) is 6.39 Å². The molecule has 1 aliphatic rings. The predicted octanol–water partition coefficient (Wildman–Crippen LogP) is 2.36. The van der Waals surface area contributed by atoms with E-state index in [0.717, 1.165) is 31.7 Å². The third kappa shape index (κ3) is 3.74. The highest BCUT2D eigenvalue weighted by Crippen LogP contribution is 2.25. The molecule has 0 bridgehead atoms. The molecule has 1 saturated heterocycles. The Morgan fingerprint density at radius 1 is 1.27 bits per heavy atom. The van der Waals surface area contributed by atoms with Crippen LogP contribution in [-0.2, 0) is 11.3 Å². The lowest BCUT2D eigenvalue weighted by atomic mass is 10.0. The number of nitrogens with zero attached hydrogens (tertiary/aromatic N) is 2. The summed E-state index contributed by atoms with van der Waals surface area (Å²) >= 11 is 0. The van der Waals surface area contributed by atoms with E-state index < -0.39 is 0 Å².